The molecule has 1 heterocycles. The summed E-state index contributed by atoms with van der Waals surface area (Å²) < 4.78 is 4.64. The zero-order valence-corrected chi connectivity index (χ0v) is 28.8. The van der Waals surface area contributed by atoms with Crippen molar-refractivity contribution >= 4 is 35.6 Å². The molecule has 2 aromatic rings. The van der Waals surface area contributed by atoms with Crippen molar-refractivity contribution in [1.29, 1.82) is 5.26 Å². The Balaban J connectivity index is 0.000000749. The van der Waals surface area contributed by atoms with Crippen molar-refractivity contribution in [2.24, 2.45) is 10.7 Å². The number of nitrogens with one attached hydrogen (secondary N) is 4. The number of esters is 1. The number of nitriles is 1. The zero-order chi connectivity index (χ0) is 38.1. The number of aliphatic carboxylic acids is 1. The molecule has 0 unspecified atom stereocenters. The summed E-state index contributed by atoms with van der Waals surface area (Å²) in [5.74, 6) is -0.183. The molecule has 19 nitrogen and oxygen atoms in total. The maximum Gasteiger partial charge on any atom is 0.328 e. The van der Waals surface area contributed by atoms with E-state index in [9.17, 15) is 14.4 Å². The summed E-state index contributed by atoms with van der Waals surface area (Å²) in [4.78, 5) is 45.2. The molecular formula is C30H48N8O11S. The third-order valence-corrected chi connectivity index (χ3v) is 7.41. The van der Waals surface area contributed by atoms with Crippen molar-refractivity contribution in [3.05, 3.63) is 53.6 Å². The van der Waals surface area contributed by atoms with Crippen LogP contribution in [0.15, 0.2) is 41.7 Å². The Morgan fingerprint density at radius 3 is 2.16 bits per heavy atom. The number of aliphatic imine (C=N–C) groups is 1. The molecule has 0 aliphatic carbocycles. The topological polar surface area (TPSA) is 329 Å². The second-order valence-corrected chi connectivity index (χ2v) is 11.3. The standard InChI is InChI=1S/C14H18N2O5.C10H16N6S.C6H14O6/c1-21-14(20)11(7-9-5-3-2-4-6-9)16-13(19)10(15)8-12(17)18;1-8-9(16-7-15-8)5-17-4-3-13-10(12-2)14-6-11;7-1-3(9)5(11)6(12)4(10)2-8/h2-6,10-11H,7-8,15H2,1H3,(H,16,19)(H,17,18);7H,3-5H2,1-2H3,(H,15,16)(H2,12,13,14);3-12H,1-2H2/t10-,11-;;3-,4-,5-,6-/m0.1/s1. The highest BCUT2D eigenvalue weighted by Gasteiger charge is 2.29. The van der Waals surface area contributed by atoms with Crippen molar-refractivity contribution in [1.82, 2.24) is 25.9 Å². The maximum atomic E-state index is 11.8. The zero-order valence-electron chi connectivity index (χ0n) is 28.0. The van der Waals surface area contributed by atoms with E-state index in [0.29, 0.717) is 5.96 Å². The fraction of sp³-hybridized carbons (Fsp3) is 0.533. The van der Waals surface area contributed by atoms with E-state index in [1.54, 1.807) is 37.3 Å². The third kappa shape index (κ3) is 19.0. The Kier molecular flexibility index (Phi) is 24.2. The van der Waals surface area contributed by atoms with E-state index < -0.39 is 74.0 Å². The largest absolute Gasteiger partial charge is 0.481 e. The maximum absolute atomic E-state index is 11.8. The predicted molar refractivity (Wildman–Crippen MR) is 182 cm³/mol. The average Bonchev–Trinajstić information content (AvgIpc) is 3.53. The first-order valence-electron chi connectivity index (χ1n) is 15.0. The van der Waals surface area contributed by atoms with E-state index in [0.717, 1.165) is 35.0 Å². The number of ether oxygens (including phenoxy) is 1. The van der Waals surface area contributed by atoms with Gasteiger partial charge in [-0.15, -0.1) is 0 Å². The second-order valence-electron chi connectivity index (χ2n) is 10.2. The number of carboxylic acids is 1. The highest BCUT2D eigenvalue weighted by Crippen LogP contribution is 2.11. The van der Waals surface area contributed by atoms with E-state index in [2.05, 4.69) is 35.6 Å². The van der Waals surface area contributed by atoms with Crippen LogP contribution in [0.2, 0.25) is 0 Å². The first kappa shape index (κ1) is 45.7. The predicted octanol–water partition coefficient (Wildman–Crippen LogP) is -3.30. The Hall–Kier alpha value is -4.33. The molecule has 0 aliphatic rings. The number of carbonyl (C=O) groups excluding carboxylic acids is 2. The number of H-pyrrole nitrogens is 1. The molecule has 0 spiro atoms. The summed E-state index contributed by atoms with van der Waals surface area (Å²) in [6, 6.07) is 6.93. The van der Waals surface area contributed by atoms with Crippen molar-refractivity contribution in [2.75, 3.05) is 39.7 Å². The number of hydrogen-bond donors (Lipinski definition) is 12. The molecule has 1 aromatic carbocycles. The number of aromatic nitrogens is 2. The first-order chi connectivity index (χ1) is 23.7. The number of aliphatic hydroxyl groups excluding tert-OH is 6. The number of imidazole rings is 1. The van der Waals surface area contributed by atoms with Gasteiger partial charge in [0.05, 0.1) is 44.8 Å². The highest BCUT2D eigenvalue weighted by atomic mass is 32.2. The molecule has 0 radical (unpaired) electrons. The van der Waals surface area contributed by atoms with Crippen molar-refractivity contribution in [2.45, 2.75) is 62.0 Å². The molecule has 0 aliphatic heterocycles. The molecule has 2 rings (SSSR count). The first-order valence-corrected chi connectivity index (χ1v) is 16.2. The number of nitrogens with two attached hydrogens (primary N) is 1. The summed E-state index contributed by atoms with van der Waals surface area (Å²) in [5, 5.41) is 77.1. The molecule has 0 bridgehead atoms. The van der Waals surface area contributed by atoms with Crippen LogP contribution in [0.4, 0.5) is 0 Å². The normalized spacial score (nSPS) is 14.4. The number of amides is 1. The molecule has 0 fully saturated rings. The monoisotopic (exact) mass is 728 g/mol. The number of nitrogens with zero attached hydrogens (tertiary/aromatic N) is 3. The number of benzene rings is 1. The number of methoxy groups -OCH3 is 1. The molecule has 1 amide bonds. The fourth-order valence-corrected chi connectivity index (χ4v) is 4.47. The van der Waals surface area contributed by atoms with Crippen LogP contribution in [0, 0.1) is 18.4 Å². The number of hydrogen-bond acceptors (Lipinski definition) is 15. The molecule has 13 N–H and O–H groups in total. The van der Waals surface area contributed by atoms with Gasteiger partial charge in [-0.3, -0.25) is 19.9 Å². The van der Waals surface area contributed by atoms with Crippen LogP contribution in [-0.2, 0) is 31.3 Å². The number of carbonyl (C=O) groups is 3. The summed E-state index contributed by atoms with van der Waals surface area (Å²) in [6.07, 6.45) is -3.13. The fourth-order valence-electron chi connectivity index (χ4n) is 3.59. The van der Waals surface area contributed by atoms with Crippen molar-refractivity contribution in [3.63, 3.8) is 0 Å². The van der Waals surface area contributed by atoms with E-state index >= 15 is 0 Å². The van der Waals surface area contributed by atoms with Crippen LogP contribution >= 0.6 is 11.8 Å². The Morgan fingerprint density at radius 2 is 1.70 bits per heavy atom. The van der Waals surface area contributed by atoms with Gasteiger partial charge in [0.1, 0.15) is 30.5 Å². The van der Waals surface area contributed by atoms with E-state index in [1.165, 1.54) is 7.11 Å². The average molecular weight is 729 g/mol. The minimum atomic E-state index is -1.67. The molecule has 6 atom stereocenters. The summed E-state index contributed by atoms with van der Waals surface area (Å²) in [5.41, 5.74) is 8.50. The van der Waals surface area contributed by atoms with Gasteiger partial charge in [0.15, 0.2) is 6.19 Å². The van der Waals surface area contributed by atoms with Gasteiger partial charge in [-0.25, -0.2) is 9.78 Å². The lowest BCUT2D eigenvalue weighted by molar-refractivity contribution is -0.145. The SMILES string of the molecule is CN=C(NC#N)NCCSCc1nc[nH]c1C.COC(=O)[C@H](Cc1ccccc1)NC(=O)[C@@H](N)CC(=O)O.OC[C@@H](O)[C@@H](O)[C@H](O)[C@H](O)CO. The highest BCUT2D eigenvalue weighted by molar-refractivity contribution is 7.98. The molecular weight excluding hydrogens is 680 g/mol. The minimum Gasteiger partial charge on any atom is -0.481 e. The smallest absolute Gasteiger partial charge is 0.328 e. The lowest BCUT2D eigenvalue weighted by Crippen LogP contribution is -2.50. The molecule has 280 valence electrons. The minimum absolute atomic E-state index is 0.235. The lowest BCUT2D eigenvalue weighted by Gasteiger charge is -2.24. The van der Waals surface area contributed by atoms with E-state index in [1.807, 2.05) is 31.3 Å². The number of aliphatic hydroxyl groups is 6. The van der Waals surface area contributed by atoms with Gasteiger partial charge in [0, 0.05) is 37.2 Å². The van der Waals surface area contributed by atoms with Crippen LogP contribution in [-0.4, -0.2) is 146 Å². The van der Waals surface area contributed by atoms with Crippen LogP contribution in [0.1, 0.15) is 23.4 Å². The number of carboxylic acid groups (broad SMARTS) is 1. The number of rotatable bonds is 17. The lowest BCUT2D eigenvalue weighted by atomic mass is 10.0. The van der Waals surface area contributed by atoms with Gasteiger partial charge in [-0.2, -0.15) is 17.0 Å². The summed E-state index contributed by atoms with van der Waals surface area (Å²) in [7, 11) is 2.84. The van der Waals surface area contributed by atoms with Crippen LogP contribution < -0.4 is 21.7 Å². The van der Waals surface area contributed by atoms with Crippen molar-refractivity contribution in [3.8, 4) is 6.19 Å². The third-order valence-electron chi connectivity index (χ3n) is 6.44. The van der Waals surface area contributed by atoms with Gasteiger partial charge >= 0.3 is 11.9 Å². The van der Waals surface area contributed by atoms with Gasteiger partial charge in [0.25, 0.3) is 0 Å². The molecule has 20 heteroatoms. The number of guanidine groups is 1. The number of aryl methyl sites for hydroxylation is 1. The Morgan fingerprint density at radius 1 is 1.10 bits per heavy atom. The molecule has 0 saturated heterocycles. The van der Waals surface area contributed by atoms with Gasteiger partial charge in [0.2, 0.25) is 11.9 Å². The van der Waals surface area contributed by atoms with Crippen molar-refractivity contribution < 1.29 is 54.9 Å². The summed E-state index contributed by atoms with van der Waals surface area (Å²) in [6.45, 7) is 1.32. The molecule has 0 saturated carbocycles. The Bertz CT molecular complexity index is 1320. The van der Waals surface area contributed by atoms with Crippen LogP contribution in [0.25, 0.3) is 0 Å². The molecule has 50 heavy (non-hydrogen) atoms. The van der Waals surface area contributed by atoms with Gasteiger partial charge < -0.3 is 61.8 Å². The van der Waals surface area contributed by atoms with Gasteiger partial charge in [-0.05, 0) is 12.5 Å². The quantitative estimate of drug-likeness (QED) is 0.0189. The van der Waals surface area contributed by atoms with Crippen LogP contribution in [0.3, 0.4) is 0 Å². The van der Waals surface area contributed by atoms with E-state index in [4.69, 9.17) is 46.7 Å². The Labute approximate surface area is 293 Å². The summed E-state index contributed by atoms with van der Waals surface area (Å²) >= 11 is 1.79. The second kappa shape index (κ2) is 26.5. The van der Waals surface area contributed by atoms with Crippen LogP contribution in [0.5, 0.6) is 0 Å². The molecule has 1 aromatic heterocycles. The van der Waals surface area contributed by atoms with Gasteiger partial charge in [-0.1, -0.05) is 30.3 Å². The number of aromatic amines is 1. The van der Waals surface area contributed by atoms with E-state index in [-0.39, 0.29) is 6.42 Å². The number of thioether (sulfide) groups is 1.